The van der Waals surface area contributed by atoms with Gasteiger partial charge in [-0.05, 0) is 36.8 Å². The van der Waals surface area contributed by atoms with Crippen molar-refractivity contribution in [2.75, 3.05) is 6.61 Å². The van der Waals surface area contributed by atoms with E-state index in [1.165, 1.54) is 6.07 Å². The van der Waals surface area contributed by atoms with Crippen LogP contribution in [0.25, 0.3) is 22.2 Å². The summed E-state index contributed by atoms with van der Waals surface area (Å²) in [6.45, 7) is 2.70. The molecule has 120 valence electrons. The van der Waals surface area contributed by atoms with Crippen molar-refractivity contribution >= 4 is 26.8 Å². The number of hydrogen-bond donors (Lipinski definition) is 0. The van der Waals surface area contributed by atoms with Crippen LogP contribution in [-0.2, 0) is 7.05 Å². The topological polar surface area (TPSA) is 27.1 Å². The smallest absolute Gasteiger partial charge is 0.136 e. The Kier molecular flexibility index (Phi) is 4.66. The van der Waals surface area contributed by atoms with Crippen LogP contribution in [0.4, 0.5) is 4.39 Å². The maximum absolute atomic E-state index is 14.5. The van der Waals surface area contributed by atoms with Crippen molar-refractivity contribution in [2.45, 2.75) is 19.8 Å². The predicted octanol–water partition coefficient (Wildman–Crippen LogP) is 5.32. The van der Waals surface area contributed by atoms with Gasteiger partial charge in [0.25, 0.3) is 0 Å². The van der Waals surface area contributed by atoms with Gasteiger partial charge in [0.1, 0.15) is 17.3 Å². The molecule has 0 atom stereocenters. The molecule has 0 fully saturated rings. The van der Waals surface area contributed by atoms with E-state index in [1.807, 2.05) is 25.2 Å². The molecule has 0 saturated carbocycles. The molecule has 0 aliphatic heterocycles. The monoisotopic (exact) mass is 376 g/mol. The van der Waals surface area contributed by atoms with E-state index in [9.17, 15) is 4.39 Å². The summed E-state index contributed by atoms with van der Waals surface area (Å²) in [5.74, 6) is 0.240. The molecule has 3 rings (SSSR count). The first-order valence-electron chi connectivity index (χ1n) is 7.65. The van der Waals surface area contributed by atoms with Crippen LogP contribution in [0.1, 0.15) is 19.8 Å². The van der Waals surface area contributed by atoms with Gasteiger partial charge in [0.05, 0.1) is 12.1 Å². The number of nitrogens with zero attached hydrogens (tertiary/aromatic N) is 2. The number of ether oxygens (including phenoxy) is 1. The molecular formula is C18H18BrFN2O. The molecule has 5 heteroatoms. The largest absolute Gasteiger partial charge is 0.493 e. The highest BCUT2D eigenvalue weighted by atomic mass is 79.9. The molecule has 1 heterocycles. The third-order valence-electron chi connectivity index (χ3n) is 3.78. The summed E-state index contributed by atoms with van der Waals surface area (Å²) in [5.41, 5.74) is 2.09. The first kappa shape index (κ1) is 16.0. The summed E-state index contributed by atoms with van der Waals surface area (Å²) >= 11 is 3.45. The van der Waals surface area contributed by atoms with E-state index in [0.29, 0.717) is 23.6 Å². The second-order valence-corrected chi connectivity index (χ2v) is 6.39. The standard InChI is InChI=1S/C18H18BrFN2O/c1-3-4-9-23-13-6-8-14(16(20)11-13)18-15-7-5-12(19)10-17(15)22(2)21-18/h5-8,10-11H,3-4,9H2,1-2H3. The van der Waals surface area contributed by atoms with Crippen LogP contribution >= 0.6 is 15.9 Å². The molecule has 0 N–H and O–H groups in total. The van der Waals surface area contributed by atoms with Gasteiger partial charge in [-0.2, -0.15) is 5.10 Å². The van der Waals surface area contributed by atoms with Gasteiger partial charge < -0.3 is 4.74 Å². The van der Waals surface area contributed by atoms with Crippen molar-refractivity contribution in [1.82, 2.24) is 9.78 Å². The fourth-order valence-corrected chi connectivity index (χ4v) is 2.89. The molecule has 1 aromatic heterocycles. The first-order chi connectivity index (χ1) is 11.1. The molecule has 0 radical (unpaired) electrons. The minimum absolute atomic E-state index is 0.318. The van der Waals surface area contributed by atoms with E-state index in [0.717, 1.165) is 28.2 Å². The van der Waals surface area contributed by atoms with Crippen LogP contribution in [0.3, 0.4) is 0 Å². The Morgan fingerprint density at radius 3 is 2.78 bits per heavy atom. The molecule has 0 aliphatic carbocycles. The molecule has 0 unspecified atom stereocenters. The Labute approximate surface area is 143 Å². The Balaban J connectivity index is 1.99. The summed E-state index contributed by atoms with van der Waals surface area (Å²) in [6.07, 6.45) is 2.01. The van der Waals surface area contributed by atoms with Crippen LogP contribution < -0.4 is 4.74 Å². The van der Waals surface area contributed by atoms with Gasteiger partial charge in [0.2, 0.25) is 0 Å². The number of aromatic nitrogens is 2. The molecule has 0 spiro atoms. The number of fused-ring (bicyclic) bond motifs is 1. The second-order valence-electron chi connectivity index (χ2n) is 5.48. The van der Waals surface area contributed by atoms with Gasteiger partial charge in [-0.1, -0.05) is 29.3 Å². The lowest BCUT2D eigenvalue weighted by Gasteiger charge is -2.07. The first-order valence-corrected chi connectivity index (χ1v) is 8.44. The highest BCUT2D eigenvalue weighted by Gasteiger charge is 2.15. The van der Waals surface area contributed by atoms with E-state index < -0.39 is 0 Å². The van der Waals surface area contributed by atoms with Crippen LogP contribution in [0, 0.1) is 5.82 Å². The highest BCUT2D eigenvalue weighted by molar-refractivity contribution is 9.10. The van der Waals surface area contributed by atoms with Crippen molar-refractivity contribution in [3.05, 3.63) is 46.7 Å². The average molecular weight is 377 g/mol. The Bertz CT molecular complexity index is 844. The van der Waals surface area contributed by atoms with E-state index in [2.05, 4.69) is 28.0 Å². The third kappa shape index (κ3) is 3.24. The van der Waals surface area contributed by atoms with Gasteiger partial charge in [0, 0.05) is 28.5 Å². The number of unbranched alkanes of at least 4 members (excludes halogenated alkanes) is 1. The van der Waals surface area contributed by atoms with Crippen molar-refractivity contribution in [3.8, 4) is 17.0 Å². The maximum Gasteiger partial charge on any atom is 0.136 e. The number of benzene rings is 2. The van der Waals surface area contributed by atoms with Gasteiger partial charge in [-0.3, -0.25) is 4.68 Å². The lowest BCUT2D eigenvalue weighted by molar-refractivity contribution is 0.308. The van der Waals surface area contributed by atoms with E-state index in [-0.39, 0.29) is 5.82 Å². The summed E-state index contributed by atoms with van der Waals surface area (Å²) in [4.78, 5) is 0. The number of halogens is 2. The summed E-state index contributed by atoms with van der Waals surface area (Å²) < 4.78 is 22.8. The molecular weight excluding hydrogens is 359 g/mol. The molecule has 3 aromatic rings. The third-order valence-corrected chi connectivity index (χ3v) is 4.27. The average Bonchev–Trinajstić information content (AvgIpc) is 2.84. The molecule has 2 aromatic carbocycles. The normalized spacial score (nSPS) is 11.1. The predicted molar refractivity (Wildman–Crippen MR) is 94.2 cm³/mol. The number of rotatable bonds is 5. The molecule has 3 nitrogen and oxygen atoms in total. The lowest BCUT2D eigenvalue weighted by Crippen LogP contribution is -1.97. The fourth-order valence-electron chi connectivity index (χ4n) is 2.54. The van der Waals surface area contributed by atoms with Crippen molar-refractivity contribution < 1.29 is 9.13 Å². The molecule has 0 aliphatic rings. The Hall–Kier alpha value is -1.88. The van der Waals surface area contributed by atoms with Gasteiger partial charge >= 0.3 is 0 Å². The van der Waals surface area contributed by atoms with E-state index >= 15 is 0 Å². The SMILES string of the molecule is CCCCOc1ccc(-c2nn(C)c3cc(Br)ccc23)c(F)c1. The summed E-state index contributed by atoms with van der Waals surface area (Å²) in [5, 5.41) is 5.41. The van der Waals surface area contributed by atoms with Crippen molar-refractivity contribution in [3.63, 3.8) is 0 Å². The zero-order valence-corrected chi connectivity index (χ0v) is 14.7. The highest BCUT2D eigenvalue weighted by Crippen LogP contribution is 2.32. The van der Waals surface area contributed by atoms with Crippen LogP contribution in [0.15, 0.2) is 40.9 Å². The lowest BCUT2D eigenvalue weighted by atomic mass is 10.1. The summed E-state index contributed by atoms with van der Waals surface area (Å²) in [6, 6.07) is 10.8. The molecule has 23 heavy (non-hydrogen) atoms. The van der Waals surface area contributed by atoms with Crippen LogP contribution in [0.5, 0.6) is 5.75 Å². The van der Waals surface area contributed by atoms with Gasteiger partial charge in [-0.25, -0.2) is 4.39 Å². The summed E-state index contributed by atoms with van der Waals surface area (Å²) in [7, 11) is 1.86. The van der Waals surface area contributed by atoms with E-state index in [4.69, 9.17) is 4.74 Å². The Morgan fingerprint density at radius 1 is 1.22 bits per heavy atom. The van der Waals surface area contributed by atoms with Crippen LogP contribution in [-0.4, -0.2) is 16.4 Å². The minimum Gasteiger partial charge on any atom is -0.493 e. The molecule has 0 bridgehead atoms. The molecule has 0 amide bonds. The van der Waals surface area contributed by atoms with Gasteiger partial charge in [-0.15, -0.1) is 0 Å². The zero-order valence-electron chi connectivity index (χ0n) is 13.1. The second kappa shape index (κ2) is 6.71. The van der Waals surface area contributed by atoms with Crippen molar-refractivity contribution in [1.29, 1.82) is 0 Å². The van der Waals surface area contributed by atoms with Crippen LogP contribution in [0.2, 0.25) is 0 Å². The quantitative estimate of drug-likeness (QED) is 0.563. The van der Waals surface area contributed by atoms with Crippen molar-refractivity contribution in [2.24, 2.45) is 7.05 Å². The number of hydrogen-bond acceptors (Lipinski definition) is 2. The fraction of sp³-hybridized carbons (Fsp3) is 0.278. The number of aryl methyl sites for hydroxylation is 1. The zero-order chi connectivity index (χ0) is 16.4. The van der Waals surface area contributed by atoms with Gasteiger partial charge in [0.15, 0.2) is 0 Å². The minimum atomic E-state index is -0.318. The molecule has 0 saturated heterocycles. The van der Waals surface area contributed by atoms with E-state index in [1.54, 1.807) is 16.8 Å². The Morgan fingerprint density at radius 2 is 2.04 bits per heavy atom. The maximum atomic E-state index is 14.5.